The number of fused-ring (bicyclic) bond motifs is 1. The highest BCUT2D eigenvalue weighted by molar-refractivity contribution is 6.30. The Kier molecular flexibility index (Phi) is 5.53. The third-order valence-corrected chi connectivity index (χ3v) is 5.08. The fourth-order valence-corrected chi connectivity index (χ4v) is 3.65. The first-order valence-corrected chi connectivity index (χ1v) is 10.1. The Morgan fingerprint density at radius 1 is 0.966 bits per heavy atom. The molecular weight excluding hydrogens is 388 g/mol. The zero-order valence-corrected chi connectivity index (χ0v) is 17.3. The summed E-state index contributed by atoms with van der Waals surface area (Å²) in [4.78, 5) is 26.4. The molecule has 0 saturated carbocycles. The first-order chi connectivity index (χ1) is 14.0. The lowest BCUT2D eigenvalue weighted by Crippen LogP contribution is -2.47. The van der Waals surface area contributed by atoms with Crippen molar-refractivity contribution in [2.45, 2.75) is 20.0 Å². The molecule has 1 fully saturated rings. The molecular formula is C22H23ClN4O2. The van der Waals surface area contributed by atoms with Gasteiger partial charge in [0.1, 0.15) is 0 Å². The summed E-state index contributed by atoms with van der Waals surface area (Å²) in [6.07, 6.45) is -0.219. The van der Waals surface area contributed by atoms with Crippen molar-refractivity contribution < 1.29 is 9.53 Å². The second-order valence-corrected chi connectivity index (χ2v) is 7.73. The van der Waals surface area contributed by atoms with Crippen molar-refractivity contribution in [3.63, 3.8) is 0 Å². The highest BCUT2D eigenvalue weighted by Gasteiger charge is 2.26. The highest BCUT2D eigenvalue weighted by atomic mass is 35.5. The molecule has 0 unspecified atom stereocenters. The number of anilines is 2. The molecule has 1 aliphatic heterocycles. The van der Waals surface area contributed by atoms with E-state index in [1.165, 1.54) is 0 Å². The fourth-order valence-electron chi connectivity index (χ4n) is 3.47. The number of piperazine rings is 1. The molecule has 29 heavy (non-hydrogen) atoms. The third kappa shape index (κ3) is 4.27. The van der Waals surface area contributed by atoms with Crippen LogP contribution in [0.15, 0.2) is 48.5 Å². The van der Waals surface area contributed by atoms with Crippen molar-refractivity contribution in [2.75, 3.05) is 36.0 Å². The molecule has 1 aromatic heterocycles. The van der Waals surface area contributed by atoms with E-state index in [4.69, 9.17) is 21.3 Å². The summed E-state index contributed by atoms with van der Waals surface area (Å²) in [5.41, 5.74) is 2.82. The van der Waals surface area contributed by atoms with E-state index in [2.05, 4.69) is 20.9 Å². The number of halogens is 1. The predicted molar refractivity (Wildman–Crippen MR) is 116 cm³/mol. The Morgan fingerprint density at radius 2 is 1.62 bits per heavy atom. The summed E-state index contributed by atoms with van der Waals surface area (Å²) in [7, 11) is 0. The molecule has 2 heterocycles. The largest absolute Gasteiger partial charge is 0.458 e. The van der Waals surface area contributed by atoms with Crippen LogP contribution in [0, 0.1) is 0 Å². The van der Waals surface area contributed by atoms with Gasteiger partial charge in [-0.3, -0.25) is 0 Å². The number of aromatic nitrogens is 2. The first kappa shape index (κ1) is 19.5. The average Bonchev–Trinajstić information content (AvgIpc) is 2.72. The maximum absolute atomic E-state index is 12.7. The van der Waals surface area contributed by atoms with E-state index in [-0.39, 0.29) is 11.8 Å². The number of para-hydroxylation sites is 2. The van der Waals surface area contributed by atoms with Gasteiger partial charge in [-0.1, -0.05) is 29.8 Å². The van der Waals surface area contributed by atoms with Crippen LogP contribution in [0.2, 0.25) is 5.02 Å². The number of carbonyl (C=O) groups excluding carboxylic acids is 1. The van der Waals surface area contributed by atoms with Gasteiger partial charge in [0, 0.05) is 36.9 Å². The number of hydrogen-bond donors (Lipinski definition) is 0. The van der Waals surface area contributed by atoms with Crippen molar-refractivity contribution >= 4 is 40.1 Å². The maximum atomic E-state index is 12.7. The minimum Gasteiger partial charge on any atom is -0.458 e. The molecule has 3 aromatic rings. The highest BCUT2D eigenvalue weighted by Crippen LogP contribution is 2.26. The summed E-state index contributed by atoms with van der Waals surface area (Å²) in [5.74, 6) is 0.144. The predicted octanol–water partition coefficient (Wildman–Crippen LogP) is 4.18. The zero-order chi connectivity index (χ0) is 20.4. The molecule has 1 aliphatic rings. The van der Waals surface area contributed by atoms with Crippen LogP contribution in [0.5, 0.6) is 0 Å². The van der Waals surface area contributed by atoms with E-state index >= 15 is 0 Å². The second kappa shape index (κ2) is 8.25. The molecule has 0 atom stereocenters. The standard InChI is InChI=1S/C22H23ClN4O2/c1-15(2)29-22(28)20-21(25-19-9-4-3-8-18(19)24-20)27-12-10-26(11-13-27)17-7-5-6-16(23)14-17/h3-9,14-15H,10-13H2,1-2H3. The van der Waals surface area contributed by atoms with Crippen LogP contribution in [0.25, 0.3) is 11.0 Å². The smallest absolute Gasteiger partial charge is 0.361 e. The van der Waals surface area contributed by atoms with Crippen LogP contribution in [-0.4, -0.2) is 48.2 Å². The quantitative estimate of drug-likeness (QED) is 0.601. The first-order valence-electron chi connectivity index (χ1n) is 9.74. The van der Waals surface area contributed by atoms with Gasteiger partial charge < -0.3 is 14.5 Å². The van der Waals surface area contributed by atoms with E-state index in [1.54, 1.807) is 0 Å². The number of ether oxygens (including phenoxy) is 1. The molecule has 0 spiro atoms. The molecule has 7 heteroatoms. The van der Waals surface area contributed by atoms with Crippen LogP contribution >= 0.6 is 11.6 Å². The van der Waals surface area contributed by atoms with Gasteiger partial charge >= 0.3 is 5.97 Å². The molecule has 6 nitrogen and oxygen atoms in total. The Bertz CT molecular complexity index is 1030. The molecule has 1 saturated heterocycles. The number of hydrogen-bond acceptors (Lipinski definition) is 6. The summed E-state index contributed by atoms with van der Waals surface area (Å²) in [6.45, 7) is 6.70. The number of benzene rings is 2. The Labute approximate surface area is 175 Å². The van der Waals surface area contributed by atoms with Gasteiger partial charge in [-0.15, -0.1) is 0 Å². The van der Waals surface area contributed by atoms with E-state index in [0.29, 0.717) is 11.3 Å². The van der Waals surface area contributed by atoms with Gasteiger partial charge in [0.05, 0.1) is 17.1 Å². The molecule has 150 valence electrons. The minimum atomic E-state index is -0.439. The number of nitrogens with zero attached hydrogens (tertiary/aromatic N) is 4. The molecule has 0 amide bonds. The molecule has 0 N–H and O–H groups in total. The van der Waals surface area contributed by atoms with E-state index in [9.17, 15) is 4.79 Å². The van der Waals surface area contributed by atoms with Crippen LogP contribution in [0.4, 0.5) is 11.5 Å². The van der Waals surface area contributed by atoms with Crippen molar-refractivity contribution in [3.05, 3.63) is 59.2 Å². The van der Waals surface area contributed by atoms with Gasteiger partial charge in [0.2, 0.25) is 0 Å². The van der Waals surface area contributed by atoms with Crippen molar-refractivity contribution in [1.82, 2.24) is 9.97 Å². The van der Waals surface area contributed by atoms with Crippen molar-refractivity contribution in [2.24, 2.45) is 0 Å². The van der Waals surface area contributed by atoms with E-state index in [1.807, 2.05) is 56.3 Å². The molecule has 0 aliphatic carbocycles. The lowest BCUT2D eigenvalue weighted by molar-refractivity contribution is 0.0371. The summed E-state index contributed by atoms with van der Waals surface area (Å²) >= 11 is 6.13. The SMILES string of the molecule is CC(C)OC(=O)c1nc2ccccc2nc1N1CCN(c2cccc(Cl)c2)CC1. The number of esters is 1. The van der Waals surface area contributed by atoms with Crippen LogP contribution in [0.3, 0.4) is 0 Å². The Morgan fingerprint density at radius 3 is 2.28 bits per heavy atom. The van der Waals surface area contributed by atoms with Gasteiger partial charge in [0.25, 0.3) is 0 Å². The van der Waals surface area contributed by atoms with Crippen LogP contribution in [0.1, 0.15) is 24.3 Å². The van der Waals surface area contributed by atoms with Crippen molar-refractivity contribution in [3.8, 4) is 0 Å². The van der Waals surface area contributed by atoms with E-state index < -0.39 is 5.97 Å². The second-order valence-electron chi connectivity index (χ2n) is 7.29. The average molecular weight is 411 g/mol. The van der Waals surface area contributed by atoms with Crippen LogP contribution < -0.4 is 9.80 Å². The van der Waals surface area contributed by atoms with Gasteiger partial charge in [-0.05, 0) is 44.2 Å². The molecule has 0 bridgehead atoms. The monoisotopic (exact) mass is 410 g/mol. The topological polar surface area (TPSA) is 58.6 Å². The van der Waals surface area contributed by atoms with Gasteiger partial charge in [0.15, 0.2) is 11.5 Å². The Balaban J connectivity index is 1.62. The molecule has 0 radical (unpaired) electrons. The normalized spacial score (nSPS) is 14.5. The lowest BCUT2D eigenvalue weighted by atomic mass is 10.2. The summed E-state index contributed by atoms with van der Waals surface area (Å²) < 4.78 is 5.43. The fraction of sp³-hybridized carbons (Fsp3) is 0.318. The molecule has 4 rings (SSSR count). The van der Waals surface area contributed by atoms with Gasteiger partial charge in [-0.2, -0.15) is 0 Å². The number of rotatable bonds is 4. The zero-order valence-electron chi connectivity index (χ0n) is 16.5. The summed E-state index contributed by atoms with van der Waals surface area (Å²) in [5, 5.41) is 0.726. The summed E-state index contributed by atoms with van der Waals surface area (Å²) in [6, 6.07) is 15.4. The Hall–Kier alpha value is -2.86. The van der Waals surface area contributed by atoms with Crippen LogP contribution in [-0.2, 0) is 4.74 Å². The van der Waals surface area contributed by atoms with E-state index in [0.717, 1.165) is 42.4 Å². The third-order valence-electron chi connectivity index (χ3n) is 4.84. The maximum Gasteiger partial charge on any atom is 0.361 e. The molecule has 2 aromatic carbocycles. The number of carbonyl (C=O) groups is 1. The van der Waals surface area contributed by atoms with Crippen molar-refractivity contribution in [1.29, 1.82) is 0 Å². The van der Waals surface area contributed by atoms with Gasteiger partial charge in [-0.25, -0.2) is 14.8 Å². The lowest BCUT2D eigenvalue weighted by Gasteiger charge is -2.37. The minimum absolute atomic E-state index is 0.219.